The molecular weight excluding hydrogens is 279 g/mol. The fraction of sp³-hybridized carbons (Fsp3) is 1.00. The SMILES string of the molecule is CC(C)(C)NCC1(CCCOCC(F)(F)F)CC2CC2C1. The molecule has 0 aliphatic heterocycles. The number of halogens is 3. The summed E-state index contributed by atoms with van der Waals surface area (Å²) in [6, 6.07) is 0. The van der Waals surface area contributed by atoms with Gasteiger partial charge < -0.3 is 10.1 Å². The summed E-state index contributed by atoms with van der Waals surface area (Å²) in [5.74, 6) is 1.76. The van der Waals surface area contributed by atoms with Crippen molar-refractivity contribution in [1.82, 2.24) is 5.32 Å². The van der Waals surface area contributed by atoms with Gasteiger partial charge in [-0.3, -0.25) is 0 Å². The second kappa shape index (κ2) is 6.07. The van der Waals surface area contributed by atoms with Gasteiger partial charge in [-0.15, -0.1) is 0 Å². The zero-order valence-corrected chi connectivity index (χ0v) is 13.4. The fourth-order valence-corrected chi connectivity index (χ4v) is 3.63. The fourth-order valence-electron chi connectivity index (χ4n) is 3.63. The Morgan fingerprint density at radius 1 is 1.14 bits per heavy atom. The van der Waals surface area contributed by atoms with Gasteiger partial charge in [0, 0.05) is 18.7 Å². The molecule has 2 aliphatic rings. The first-order chi connectivity index (χ1) is 9.59. The lowest BCUT2D eigenvalue weighted by Gasteiger charge is -2.35. The Hall–Kier alpha value is -0.290. The van der Waals surface area contributed by atoms with E-state index in [1.54, 1.807) is 0 Å². The molecule has 2 unspecified atom stereocenters. The molecule has 1 N–H and O–H groups in total. The van der Waals surface area contributed by atoms with Crippen molar-refractivity contribution in [1.29, 1.82) is 0 Å². The number of alkyl halides is 3. The van der Waals surface area contributed by atoms with Crippen molar-refractivity contribution >= 4 is 0 Å². The molecule has 2 aliphatic carbocycles. The zero-order chi connectivity index (χ0) is 15.7. The molecule has 124 valence electrons. The normalized spacial score (nSPS) is 32.3. The van der Waals surface area contributed by atoms with Crippen LogP contribution < -0.4 is 5.32 Å². The summed E-state index contributed by atoms with van der Waals surface area (Å²) in [6.07, 6.45) is 1.32. The van der Waals surface area contributed by atoms with Crippen LogP contribution in [0.25, 0.3) is 0 Å². The minimum atomic E-state index is -4.21. The van der Waals surface area contributed by atoms with Crippen LogP contribution in [0.4, 0.5) is 13.2 Å². The van der Waals surface area contributed by atoms with Crippen LogP contribution in [0.5, 0.6) is 0 Å². The van der Waals surface area contributed by atoms with E-state index < -0.39 is 12.8 Å². The summed E-state index contributed by atoms with van der Waals surface area (Å²) in [5, 5.41) is 3.59. The van der Waals surface area contributed by atoms with Gasteiger partial charge >= 0.3 is 6.18 Å². The first kappa shape index (κ1) is 17.1. The first-order valence-corrected chi connectivity index (χ1v) is 7.98. The summed E-state index contributed by atoms with van der Waals surface area (Å²) < 4.78 is 40.8. The van der Waals surface area contributed by atoms with Gasteiger partial charge in [0.05, 0.1) is 0 Å². The molecule has 0 amide bonds. The largest absolute Gasteiger partial charge is 0.411 e. The molecular formula is C16H28F3NO. The number of rotatable bonds is 7. The highest BCUT2D eigenvalue weighted by Gasteiger charge is 2.53. The van der Waals surface area contributed by atoms with Crippen molar-refractivity contribution in [2.75, 3.05) is 19.8 Å². The van der Waals surface area contributed by atoms with Gasteiger partial charge in [0.15, 0.2) is 0 Å². The Balaban J connectivity index is 1.73. The maximum atomic E-state index is 12.0. The highest BCUT2D eigenvalue weighted by atomic mass is 19.4. The standard InChI is InChI=1S/C16H28F3NO/c1-14(2,3)20-10-15(8-12-7-13(12)9-15)5-4-6-21-11-16(17,18)19/h12-13,20H,4-11H2,1-3H3. The van der Waals surface area contributed by atoms with Gasteiger partial charge in [0.25, 0.3) is 0 Å². The predicted molar refractivity (Wildman–Crippen MR) is 77.1 cm³/mol. The van der Waals surface area contributed by atoms with Gasteiger partial charge in [0.1, 0.15) is 6.61 Å². The second-order valence-electron chi connectivity index (χ2n) is 8.04. The summed E-state index contributed by atoms with van der Waals surface area (Å²) >= 11 is 0. The van der Waals surface area contributed by atoms with Crippen molar-refractivity contribution < 1.29 is 17.9 Å². The second-order valence-corrected chi connectivity index (χ2v) is 8.04. The third-order valence-electron chi connectivity index (χ3n) is 4.71. The summed E-state index contributed by atoms with van der Waals surface area (Å²) in [7, 11) is 0. The van der Waals surface area contributed by atoms with Crippen LogP contribution in [-0.2, 0) is 4.74 Å². The molecule has 2 rings (SSSR count). The van der Waals surface area contributed by atoms with Gasteiger partial charge in [-0.1, -0.05) is 0 Å². The van der Waals surface area contributed by atoms with Crippen LogP contribution in [0.2, 0.25) is 0 Å². The Bertz CT molecular complexity index is 338. The minimum absolute atomic E-state index is 0.0898. The molecule has 0 aromatic heterocycles. The maximum absolute atomic E-state index is 12.0. The van der Waals surface area contributed by atoms with Gasteiger partial charge in [0.2, 0.25) is 0 Å². The number of nitrogens with one attached hydrogen (secondary N) is 1. The van der Waals surface area contributed by atoms with E-state index in [0.717, 1.165) is 31.2 Å². The number of hydrogen-bond donors (Lipinski definition) is 1. The predicted octanol–water partition coefficient (Wildman–Crippen LogP) is 4.15. The molecule has 0 radical (unpaired) electrons. The molecule has 0 bridgehead atoms. The molecule has 0 saturated heterocycles. The Morgan fingerprint density at radius 3 is 2.29 bits per heavy atom. The molecule has 21 heavy (non-hydrogen) atoms. The number of fused-ring (bicyclic) bond motifs is 1. The van der Waals surface area contributed by atoms with Crippen LogP contribution in [0.3, 0.4) is 0 Å². The number of ether oxygens (including phenoxy) is 1. The van der Waals surface area contributed by atoms with Crippen molar-refractivity contribution in [3.05, 3.63) is 0 Å². The third kappa shape index (κ3) is 5.78. The minimum Gasteiger partial charge on any atom is -0.372 e. The topological polar surface area (TPSA) is 21.3 Å². The molecule has 2 saturated carbocycles. The lowest BCUT2D eigenvalue weighted by molar-refractivity contribution is -0.174. The van der Waals surface area contributed by atoms with Crippen LogP contribution in [0.15, 0.2) is 0 Å². The molecule has 0 heterocycles. The van der Waals surface area contributed by atoms with E-state index in [-0.39, 0.29) is 17.6 Å². The van der Waals surface area contributed by atoms with Crippen LogP contribution >= 0.6 is 0 Å². The van der Waals surface area contributed by atoms with Crippen LogP contribution in [0.1, 0.15) is 52.9 Å². The van der Waals surface area contributed by atoms with Crippen molar-refractivity contribution in [3.63, 3.8) is 0 Å². The molecule has 2 fully saturated rings. The Morgan fingerprint density at radius 2 is 1.76 bits per heavy atom. The summed E-state index contributed by atoms with van der Waals surface area (Å²) in [4.78, 5) is 0. The third-order valence-corrected chi connectivity index (χ3v) is 4.71. The number of hydrogen-bond acceptors (Lipinski definition) is 2. The molecule has 0 aromatic rings. The van der Waals surface area contributed by atoms with E-state index in [1.807, 2.05) is 0 Å². The van der Waals surface area contributed by atoms with E-state index in [2.05, 4.69) is 26.1 Å². The van der Waals surface area contributed by atoms with Gasteiger partial charge in [-0.05, 0) is 70.1 Å². The van der Waals surface area contributed by atoms with Gasteiger partial charge in [-0.2, -0.15) is 13.2 Å². The summed E-state index contributed by atoms with van der Waals surface area (Å²) in [5.41, 5.74) is 0.370. The van der Waals surface area contributed by atoms with Crippen LogP contribution in [0, 0.1) is 17.3 Å². The van der Waals surface area contributed by atoms with Crippen molar-refractivity contribution in [3.8, 4) is 0 Å². The van der Waals surface area contributed by atoms with E-state index in [1.165, 1.54) is 19.3 Å². The molecule has 0 spiro atoms. The van der Waals surface area contributed by atoms with E-state index >= 15 is 0 Å². The molecule has 5 heteroatoms. The highest BCUT2D eigenvalue weighted by Crippen LogP contribution is 2.61. The molecule has 0 aromatic carbocycles. The molecule has 2 atom stereocenters. The first-order valence-electron chi connectivity index (χ1n) is 7.98. The average molecular weight is 307 g/mol. The smallest absolute Gasteiger partial charge is 0.372 e. The Labute approximate surface area is 125 Å². The van der Waals surface area contributed by atoms with E-state index in [4.69, 9.17) is 4.74 Å². The molecule has 2 nitrogen and oxygen atoms in total. The Kier molecular flexibility index (Phi) is 4.94. The lowest BCUT2D eigenvalue weighted by atomic mass is 9.78. The monoisotopic (exact) mass is 307 g/mol. The summed E-state index contributed by atoms with van der Waals surface area (Å²) in [6.45, 7) is 6.54. The van der Waals surface area contributed by atoms with Crippen LogP contribution in [-0.4, -0.2) is 31.5 Å². The average Bonchev–Trinajstić information content (AvgIpc) is 2.93. The van der Waals surface area contributed by atoms with Crippen molar-refractivity contribution in [2.45, 2.75) is 64.6 Å². The van der Waals surface area contributed by atoms with Crippen molar-refractivity contribution in [2.24, 2.45) is 17.3 Å². The lowest BCUT2D eigenvalue weighted by Crippen LogP contribution is -2.43. The quantitative estimate of drug-likeness (QED) is 0.713. The maximum Gasteiger partial charge on any atom is 0.411 e. The zero-order valence-electron chi connectivity index (χ0n) is 13.4. The van der Waals surface area contributed by atoms with E-state index in [0.29, 0.717) is 0 Å². The highest BCUT2D eigenvalue weighted by molar-refractivity contribution is 5.04. The van der Waals surface area contributed by atoms with E-state index in [9.17, 15) is 13.2 Å². The van der Waals surface area contributed by atoms with Gasteiger partial charge in [-0.25, -0.2) is 0 Å².